The predicted molar refractivity (Wildman–Crippen MR) is 74.5 cm³/mol. The number of aromatic amines is 1. The van der Waals surface area contributed by atoms with Gasteiger partial charge in [-0.3, -0.25) is 9.82 Å². The van der Waals surface area contributed by atoms with Crippen molar-refractivity contribution in [1.82, 2.24) is 10.2 Å². The molecule has 1 heterocycles. The molecule has 0 aliphatic carbocycles. The number of sulfonamides is 1. The first kappa shape index (κ1) is 14.1. The van der Waals surface area contributed by atoms with Crippen LogP contribution in [0.3, 0.4) is 0 Å². The van der Waals surface area contributed by atoms with Gasteiger partial charge in [-0.15, -0.1) is 0 Å². The third kappa shape index (κ3) is 3.16. The van der Waals surface area contributed by atoms with Crippen molar-refractivity contribution >= 4 is 15.8 Å². The standard InChI is InChI=1S/C13H14N4O2S/c1-2-3-11-8-13(16-15-11)17-20(18,19)12-6-4-10(9-14)5-7-12/h4-8H,2-3H2,1H3,(H2,15,16,17). The van der Waals surface area contributed by atoms with Gasteiger partial charge < -0.3 is 0 Å². The maximum atomic E-state index is 12.1. The number of hydrogen-bond acceptors (Lipinski definition) is 4. The van der Waals surface area contributed by atoms with Crippen LogP contribution in [-0.4, -0.2) is 18.6 Å². The second-order valence-electron chi connectivity index (χ2n) is 4.27. The van der Waals surface area contributed by atoms with Crippen LogP contribution in [0.5, 0.6) is 0 Å². The highest BCUT2D eigenvalue weighted by molar-refractivity contribution is 7.92. The van der Waals surface area contributed by atoms with Crippen LogP contribution in [0.2, 0.25) is 0 Å². The fourth-order valence-corrected chi connectivity index (χ4v) is 2.71. The zero-order chi connectivity index (χ0) is 14.6. The van der Waals surface area contributed by atoms with Crippen LogP contribution in [-0.2, 0) is 16.4 Å². The molecule has 6 nitrogen and oxygen atoms in total. The molecular formula is C13H14N4O2S. The molecule has 0 aliphatic heterocycles. The van der Waals surface area contributed by atoms with E-state index in [9.17, 15) is 8.42 Å². The highest BCUT2D eigenvalue weighted by Gasteiger charge is 2.15. The number of nitrogens with one attached hydrogen (secondary N) is 2. The number of aryl methyl sites for hydroxylation is 1. The van der Waals surface area contributed by atoms with Crippen molar-refractivity contribution in [3.05, 3.63) is 41.6 Å². The number of rotatable bonds is 5. The molecular weight excluding hydrogens is 276 g/mol. The third-order valence-corrected chi connectivity index (χ3v) is 4.05. The first-order valence-corrected chi connectivity index (χ1v) is 7.60. The average Bonchev–Trinajstić information content (AvgIpc) is 2.86. The molecule has 0 bridgehead atoms. The third-order valence-electron chi connectivity index (χ3n) is 2.68. The summed E-state index contributed by atoms with van der Waals surface area (Å²) in [5.41, 5.74) is 1.29. The molecule has 2 aromatic rings. The molecule has 20 heavy (non-hydrogen) atoms. The first-order chi connectivity index (χ1) is 9.55. The van der Waals surface area contributed by atoms with Crippen molar-refractivity contribution in [3.8, 4) is 6.07 Å². The highest BCUT2D eigenvalue weighted by Crippen LogP contribution is 2.16. The Morgan fingerprint density at radius 3 is 2.65 bits per heavy atom. The van der Waals surface area contributed by atoms with Gasteiger partial charge in [0.25, 0.3) is 10.0 Å². The average molecular weight is 290 g/mol. The quantitative estimate of drug-likeness (QED) is 0.880. The summed E-state index contributed by atoms with van der Waals surface area (Å²) >= 11 is 0. The van der Waals surface area contributed by atoms with E-state index in [2.05, 4.69) is 14.9 Å². The number of hydrogen-bond donors (Lipinski definition) is 2. The first-order valence-electron chi connectivity index (χ1n) is 6.12. The minimum Gasteiger partial charge on any atom is -0.280 e. The monoisotopic (exact) mass is 290 g/mol. The van der Waals surface area contributed by atoms with E-state index in [-0.39, 0.29) is 10.7 Å². The summed E-state index contributed by atoms with van der Waals surface area (Å²) in [7, 11) is -3.68. The SMILES string of the molecule is CCCc1cc(NS(=O)(=O)c2ccc(C#N)cc2)n[nH]1. The Bertz CT molecular complexity index is 726. The van der Waals surface area contributed by atoms with Crippen molar-refractivity contribution in [2.45, 2.75) is 24.7 Å². The Balaban J connectivity index is 2.19. The molecule has 104 valence electrons. The van der Waals surface area contributed by atoms with Gasteiger partial charge in [0.05, 0.1) is 16.5 Å². The van der Waals surface area contributed by atoms with Gasteiger partial charge in [0.1, 0.15) is 0 Å². The Kier molecular flexibility index (Phi) is 4.05. The smallest absolute Gasteiger partial charge is 0.263 e. The summed E-state index contributed by atoms with van der Waals surface area (Å²) < 4.78 is 26.6. The fraction of sp³-hybridized carbons (Fsp3) is 0.231. The van der Waals surface area contributed by atoms with Crippen LogP contribution in [0.1, 0.15) is 24.6 Å². The molecule has 2 rings (SSSR count). The summed E-state index contributed by atoms with van der Waals surface area (Å²) in [4.78, 5) is 0.0940. The van der Waals surface area contributed by atoms with E-state index in [1.165, 1.54) is 24.3 Å². The zero-order valence-electron chi connectivity index (χ0n) is 10.9. The minimum absolute atomic E-state index is 0.0940. The van der Waals surface area contributed by atoms with Gasteiger partial charge in [0.15, 0.2) is 5.82 Å². The molecule has 0 saturated carbocycles. The van der Waals surface area contributed by atoms with E-state index in [4.69, 9.17) is 5.26 Å². The van der Waals surface area contributed by atoms with Gasteiger partial charge in [0, 0.05) is 11.8 Å². The van der Waals surface area contributed by atoms with Gasteiger partial charge in [-0.05, 0) is 30.7 Å². The molecule has 0 fully saturated rings. The topological polar surface area (TPSA) is 98.6 Å². The van der Waals surface area contributed by atoms with Gasteiger partial charge in [-0.1, -0.05) is 13.3 Å². The Morgan fingerprint density at radius 2 is 2.05 bits per heavy atom. The number of anilines is 1. The van der Waals surface area contributed by atoms with Crippen molar-refractivity contribution in [3.63, 3.8) is 0 Å². The van der Waals surface area contributed by atoms with Crippen molar-refractivity contribution < 1.29 is 8.42 Å². The molecule has 0 amide bonds. The Morgan fingerprint density at radius 1 is 1.35 bits per heavy atom. The lowest BCUT2D eigenvalue weighted by atomic mass is 10.2. The molecule has 0 atom stereocenters. The maximum absolute atomic E-state index is 12.1. The molecule has 1 aromatic heterocycles. The van der Waals surface area contributed by atoms with Crippen LogP contribution in [0.15, 0.2) is 35.2 Å². The Labute approximate surface area is 117 Å². The van der Waals surface area contributed by atoms with E-state index >= 15 is 0 Å². The second kappa shape index (κ2) is 5.75. The van der Waals surface area contributed by atoms with Crippen molar-refractivity contribution in [1.29, 1.82) is 5.26 Å². The summed E-state index contributed by atoms with van der Waals surface area (Å²) in [5, 5.41) is 15.4. The van der Waals surface area contributed by atoms with Gasteiger partial charge in [-0.25, -0.2) is 8.42 Å². The summed E-state index contributed by atoms with van der Waals surface area (Å²) in [6.45, 7) is 2.03. The minimum atomic E-state index is -3.68. The lowest BCUT2D eigenvalue weighted by molar-refractivity contribution is 0.601. The van der Waals surface area contributed by atoms with E-state index in [0.29, 0.717) is 5.56 Å². The molecule has 0 radical (unpaired) electrons. The summed E-state index contributed by atoms with van der Waals surface area (Å²) in [5.74, 6) is 0.262. The number of nitriles is 1. The maximum Gasteiger partial charge on any atom is 0.263 e. The molecule has 2 N–H and O–H groups in total. The number of aromatic nitrogens is 2. The van der Waals surface area contributed by atoms with Crippen molar-refractivity contribution in [2.75, 3.05) is 4.72 Å². The Hall–Kier alpha value is -2.33. The van der Waals surface area contributed by atoms with Gasteiger partial charge in [-0.2, -0.15) is 10.4 Å². The fourth-order valence-electron chi connectivity index (χ4n) is 1.72. The molecule has 7 heteroatoms. The normalized spacial score (nSPS) is 11.0. The van der Waals surface area contributed by atoms with Crippen LogP contribution < -0.4 is 4.72 Å². The number of nitrogens with zero attached hydrogens (tertiary/aromatic N) is 2. The van der Waals surface area contributed by atoms with Crippen LogP contribution in [0.4, 0.5) is 5.82 Å². The van der Waals surface area contributed by atoms with E-state index < -0.39 is 10.0 Å². The van der Waals surface area contributed by atoms with Crippen molar-refractivity contribution in [2.24, 2.45) is 0 Å². The molecule has 0 spiro atoms. The highest BCUT2D eigenvalue weighted by atomic mass is 32.2. The van der Waals surface area contributed by atoms with E-state index in [1.807, 2.05) is 13.0 Å². The largest absolute Gasteiger partial charge is 0.280 e. The zero-order valence-corrected chi connectivity index (χ0v) is 11.7. The summed E-state index contributed by atoms with van der Waals surface area (Å²) in [6, 6.07) is 9.31. The van der Waals surface area contributed by atoms with Crippen LogP contribution >= 0.6 is 0 Å². The van der Waals surface area contributed by atoms with Crippen LogP contribution in [0, 0.1) is 11.3 Å². The number of H-pyrrole nitrogens is 1. The van der Waals surface area contributed by atoms with E-state index in [1.54, 1.807) is 6.07 Å². The molecule has 0 unspecified atom stereocenters. The molecule has 1 aromatic carbocycles. The van der Waals surface area contributed by atoms with Gasteiger partial charge >= 0.3 is 0 Å². The lowest BCUT2D eigenvalue weighted by Crippen LogP contribution is -2.13. The lowest BCUT2D eigenvalue weighted by Gasteiger charge is -2.04. The van der Waals surface area contributed by atoms with Gasteiger partial charge in [0.2, 0.25) is 0 Å². The van der Waals surface area contributed by atoms with Crippen LogP contribution in [0.25, 0.3) is 0 Å². The van der Waals surface area contributed by atoms with E-state index in [0.717, 1.165) is 18.5 Å². The number of benzene rings is 1. The summed E-state index contributed by atoms with van der Waals surface area (Å²) in [6.07, 6.45) is 1.76. The molecule has 0 saturated heterocycles. The predicted octanol–water partition coefficient (Wildman–Crippen LogP) is 2.03. The molecule has 0 aliphatic rings. The second-order valence-corrected chi connectivity index (χ2v) is 5.95.